The Morgan fingerprint density at radius 2 is 2.27 bits per heavy atom. The molecule has 0 radical (unpaired) electrons. The number of likely N-dealkylation sites (tertiary alicyclic amines) is 1. The van der Waals surface area contributed by atoms with Gasteiger partial charge in [-0.05, 0) is 25.2 Å². The third kappa shape index (κ3) is 2.77. The van der Waals surface area contributed by atoms with Gasteiger partial charge in [0.25, 0.3) is 0 Å². The van der Waals surface area contributed by atoms with Crippen LogP contribution in [0.1, 0.15) is 32.6 Å². The Kier molecular flexibility index (Phi) is 3.39. The molecule has 0 spiro atoms. The Morgan fingerprint density at radius 1 is 1.47 bits per heavy atom. The van der Waals surface area contributed by atoms with Gasteiger partial charge in [0.15, 0.2) is 0 Å². The molecule has 15 heavy (non-hydrogen) atoms. The first kappa shape index (κ1) is 11.1. The van der Waals surface area contributed by atoms with Gasteiger partial charge in [-0.3, -0.25) is 9.69 Å². The minimum atomic E-state index is -0.666. The number of ketones is 1. The molecule has 2 aliphatic rings. The molecule has 1 saturated carbocycles. The molecule has 1 aliphatic heterocycles. The molecule has 3 unspecified atom stereocenters. The summed E-state index contributed by atoms with van der Waals surface area (Å²) in [5.74, 6) is 1.24. The van der Waals surface area contributed by atoms with Gasteiger partial charge in [0.1, 0.15) is 12.0 Å². The van der Waals surface area contributed by atoms with Crippen molar-refractivity contribution >= 4 is 5.78 Å². The van der Waals surface area contributed by atoms with Crippen LogP contribution in [-0.4, -0.2) is 36.5 Å². The standard InChI is InChI=1S/C12H20FNO/c1-9-2-3-12(15)10(6-9)7-14-5-4-11(13)8-14/h9-11H,2-8H2,1H3. The van der Waals surface area contributed by atoms with Crippen LogP contribution in [0.4, 0.5) is 4.39 Å². The highest BCUT2D eigenvalue weighted by atomic mass is 19.1. The minimum Gasteiger partial charge on any atom is -0.300 e. The molecule has 0 amide bonds. The molecule has 0 aromatic carbocycles. The highest BCUT2D eigenvalue weighted by Gasteiger charge is 2.30. The topological polar surface area (TPSA) is 20.3 Å². The first-order chi connectivity index (χ1) is 7.15. The molecule has 1 aliphatic carbocycles. The first-order valence-corrected chi connectivity index (χ1v) is 6.04. The number of hydrogen-bond acceptors (Lipinski definition) is 2. The van der Waals surface area contributed by atoms with Crippen LogP contribution in [0.15, 0.2) is 0 Å². The van der Waals surface area contributed by atoms with Crippen LogP contribution in [0.25, 0.3) is 0 Å². The largest absolute Gasteiger partial charge is 0.300 e. The highest BCUT2D eigenvalue weighted by Crippen LogP contribution is 2.27. The van der Waals surface area contributed by atoms with E-state index in [0.717, 1.165) is 32.4 Å². The van der Waals surface area contributed by atoms with Crippen molar-refractivity contribution in [1.29, 1.82) is 0 Å². The third-order valence-corrected chi connectivity index (χ3v) is 3.72. The third-order valence-electron chi connectivity index (χ3n) is 3.72. The molecule has 86 valence electrons. The molecule has 1 saturated heterocycles. The molecule has 2 fully saturated rings. The van der Waals surface area contributed by atoms with Gasteiger partial charge < -0.3 is 0 Å². The Labute approximate surface area is 90.8 Å². The molecular formula is C12H20FNO. The summed E-state index contributed by atoms with van der Waals surface area (Å²) in [6, 6.07) is 0. The van der Waals surface area contributed by atoms with Crippen molar-refractivity contribution in [3.05, 3.63) is 0 Å². The smallest absolute Gasteiger partial charge is 0.137 e. The Hall–Kier alpha value is -0.440. The van der Waals surface area contributed by atoms with Crippen molar-refractivity contribution in [2.45, 2.75) is 38.8 Å². The van der Waals surface area contributed by atoms with E-state index >= 15 is 0 Å². The quantitative estimate of drug-likeness (QED) is 0.699. The lowest BCUT2D eigenvalue weighted by atomic mass is 9.81. The molecule has 0 aromatic rings. The fourth-order valence-electron chi connectivity index (χ4n) is 2.77. The molecule has 0 N–H and O–H groups in total. The fraction of sp³-hybridized carbons (Fsp3) is 0.917. The summed E-state index contributed by atoms with van der Waals surface area (Å²) in [5, 5.41) is 0. The predicted molar refractivity (Wildman–Crippen MR) is 57.5 cm³/mol. The summed E-state index contributed by atoms with van der Waals surface area (Å²) in [6.45, 7) is 4.38. The zero-order valence-electron chi connectivity index (χ0n) is 9.42. The van der Waals surface area contributed by atoms with Crippen molar-refractivity contribution in [3.8, 4) is 0 Å². The number of hydrogen-bond donors (Lipinski definition) is 0. The van der Waals surface area contributed by atoms with Gasteiger partial charge >= 0.3 is 0 Å². The van der Waals surface area contributed by atoms with E-state index in [2.05, 4.69) is 11.8 Å². The zero-order valence-corrected chi connectivity index (χ0v) is 9.42. The number of Topliss-reactive ketones (excluding diaryl/α,β-unsaturated/α-hetero) is 1. The molecule has 2 rings (SSSR count). The number of alkyl halides is 1. The zero-order chi connectivity index (χ0) is 10.8. The minimum absolute atomic E-state index is 0.180. The van der Waals surface area contributed by atoms with Gasteiger partial charge in [-0.15, -0.1) is 0 Å². The summed E-state index contributed by atoms with van der Waals surface area (Å²) >= 11 is 0. The lowest BCUT2D eigenvalue weighted by Crippen LogP contribution is -2.35. The van der Waals surface area contributed by atoms with Gasteiger partial charge in [0.2, 0.25) is 0 Å². The maximum absolute atomic E-state index is 13.0. The Balaban J connectivity index is 1.84. The molecule has 3 atom stereocenters. The van der Waals surface area contributed by atoms with Gasteiger partial charge in [0.05, 0.1) is 0 Å². The monoisotopic (exact) mass is 213 g/mol. The van der Waals surface area contributed by atoms with E-state index in [-0.39, 0.29) is 5.92 Å². The molecule has 0 aromatic heterocycles. The van der Waals surface area contributed by atoms with Crippen LogP contribution in [-0.2, 0) is 4.79 Å². The molecule has 0 bridgehead atoms. The van der Waals surface area contributed by atoms with E-state index in [1.165, 1.54) is 0 Å². The van der Waals surface area contributed by atoms with Crippen molar-refractivity contribution in [3.63, 3.8) is 0 Å². The molecular weight excluding hydrogens is 193 g/mol. The first-order valence-electron chi connectivity index (χ1n) is 6.04. The SMILES string of the molecule is CC1CCC(=O)C(CN2CCC(F)C2)C1. The summed E-state index contributed by atoms with van der Waals surface area (Å²) in [4.78, 5) is 13.8. The van der Waals surface area contributed by atoms with E-state index in [9.17, 15) is 9.18 Å². The van der Waals surface area contributed by atoms with Crippen molar-refractivity contribution in [2.24, 2.45) is 11.8 Å². The van der Waals surface area contributed by atoms with E-state index in [1.54, 1.807) is 0 Å². The summed E-state index contributed by atoms with van der Waals surface area (Å²) in [5.41, 5.74) is 0. The average Bonchev–Trinajstić information content (AvgIpc) is 2.58. The van der Waals surface area contributed by atoms with Crippen molar-refractivity contribution in [2.75, 3.05) is 19.6 Å². The van der Waals surface area contributed by atoms with E-state index in [4.69, 9.17) is 0 Å². The number of carbonyl (C=O) groups excluding carboxylic acids is 1. The van der Waals surface area contributed by atoms with Gasteiger partial charge in [-0.1, -0.05) is 6.92 Å². The van der Waals surface area contributed by atoms with Crippen LogP contribution >= 0.6 is 0 Å². The second-order valence-electron chi connectivity index (χ2n) is 5.19. The molecule has 2 nitrogen and oxygen atoms in total. The maximum atomic E-state index is 13.0. The van der Waals surface area contributed by atoms with Gasteiger partial charge in [0, 0.05) is 32.0 Å². The van der Waals surface area contributed by atoms with Gasteiger partial charge in [-0.25, -0.2) is 4.39 Å². The van der Waals surface area contributed by atoms with Crippen LogP contribution in [0.5, 0.6) is 0 Å². The predicted octanol–water partition coefficient (Wildman–Crippen LogP) is 2.04. The highest BCUT2D eigenvalue weighted by molar-refractivity contribution is 5.81. The van der Waals surface area contributed by atoms with Crippen LogP contribution in [0, 0.1) is 11.8 Å². The molecule has 1 heterocycles. The Morgan fingerprint density at radius 3 is 2.93 bits per heavy atom. The Bertz CT molecular complexity index is 244. The summed E-state index contributed by atoms with van der Waals surface area (Å²) in [6.07, 6.45) is 2.77. The number of carbonyl (C=O) groups is 1. The van der Waals surface area contributed by atoms with Crippen LogP contribution < -0.4 is 0 Å². The summed E-state index contributed by atoms with van der Waals surface area (Å²) < 4.78 is 13.0. The van der Waals surface area contributed by atoms with E-state index in [1.807, 2.05) is 0 Å². The lowest BCUT2D eigenvalue weighted by molar-refractivity contribution is -0.126. The second-order valence-corrected chi connectivity index (χ2v) is 5.19. The van der Waals surface area contributed by atoms with E-state index in [0.29, 0.717) is 24.7 Å². The van der Waals surface area contributed by atoms with Crippen LogP contribution in [0.3, 0.4) is 0 Å². The fourth-order valence-corrected chi connectivity index (χ4v) is 2.77. The summed E-state index contributed by atoms with van der Waals surface area (Å²) in [7, 11) is 0. The number of nitrogens with zero attached hydrogens (tertiary/aromatic N) is 1. The average molecular weight is 213 g/mol. The second kappa shape index (κ2) is 4.60. The van der Waals surface area contributed by atoms with E-state index < -0.39 is 6.17 Å². The lowest BCUT2D eigenvalue weighted by Gasteiger charge is -2.28. The maximum Gasteiger partial charge on any atom is 0.137 e. The normalized spacial score (nSPS) is 38.5. The van der Waals surface area contributed by atoms with Crippen LogP contribution in [0.2, 0.25) is 0 Å². The van der Waals surface area contributed by atoms with Gasteiger partial charge in [-0.2, -0.15) is 0 Å². The number of halogens is 1. The van der Waals surface area contributed by atoms with Crippen molar-refractivity contribution in [1.82, 2.24) is 4.90 Å². The number of rotatable bonds is 2. The molecule has 3 heteroatoms. The van der Waals surface area contributed by atoms with Crippen molar-refractivity contribution < 1.29 is 9.18 Å².